The van der Waals surface area contributed by atoms with Crippen molar-refractivity contribution in [2.45, 2.75) is 38.4 Å². The molecular weight excluding hydrogens is 332 g/mol. The Morgan fingerprint density at radius 2 is 2.04 bits per heavy atom. The van der Waals surface area contributed by atoms with Crippen LogP contribution in [0.15, 0.2) is 24.5 Å². The van der Waals surface area contributed by atoms with Gasteiger partial charge in [-0.2, -0.15) is 0 Å². The van der Waals surface area contributed by atoms with E-state index in [0.717, 1.165) is 50.9 Å². The smallest absolute Gasteiger partial charge is 0.231 e. The van der Waals surface area contributed by atoms with Gasteiger partial charge >= 0.3 is 0 Å². The van der Waals surface area contributed by atoms with Gasteiger partial charge in [0.05, 0.1) is 19.3 Å². The van der Waals surface area contributed by atoms with Gasteiger partial charge in [-0.1, -0.05) is 6.07 Å². The van der Waals surface area contributed by atoms with Gasteiger partial charge in [0.15, 0.2) is 0 Å². The third-order valence-electron chi connectivity index (χ3n) is 5.21. The van der Waals surface area contributed by atoms with E-state index in [-0.39, 0.29) is 30.4 Å². The summed E-state index contributed by atoms with van der Waals surface area (Å²) in [4.78, 5) is 32.0. The highest BCUT2D eigenvalue weighted by Crippen LogP contribution is 2.23. The third kappa shape index (κ3) is 5.25. The molecule has 0 radical (unpaired) electrons. The summed E-state index contributed by atoms with van der Waals surface area (Å²) in [5.74, 6) is -0.0194. The van der Waals surface area contributed by atoms with E-state index >= 15 is 0 Å². The van der Waals surface area contributed by atoms with Crippen LogP contribution in [0.5, 0.6) is 0 Å². The van der Waals surface area contributed by atoms with E-state index in [1.807, 2.05) is 28.1 Å². The van der Waals surface area contributed by atoms with Crippen molar-refractivity contribution >= 4 is 11.8 Å². The highest BCUT2D eigenvalue weighted by atomic mass is 16.5. The lowest BCUT2D eigenvalue weighted by Gasteiger charge is -2.37. The fourth-order valence-electron chi connectivity index (χ4n) is 3.79. The number of aromatic nitrogens is 1. The maximum absolute atomic E-state index is 12.9. The Bertz CT molecular complexity index is 602. The zero-order chi connectivity index (χ0) is 18.4. The molecule has 0 unspecified atom stereocenters. The Kier molecular flexibility index (Phi) is 6.57. The Balaban J connectivity index is 1.45. The fourth-order valence-corrected chi connectivity index (χ4v) is 3.79. The lowest BCUT2D eigenvalue weighted by atomic mass is 9.94. The third-order valence-corrected chi connectivity index (χ3v) is 5.21. The number of primary amides is 1. The predicted octanol–water partition coefficient (Wildman–Crippen LogP) is 0.787. The minimum Gasteiger partial charge on any atom is -0.372 e. The minimum absolute atomic E-state index is 0.0520. The summed E-state index contributed by atoms with van der Waals surface area (Å²) < 4.78 is 6.00. The second-order valence-corrected chi connectivity index (χ2v) is 7.24. The number of ether oxygens (including phenoxy) is 1. The summed E-state index contributed by atoms with van der Waals surface area (Å²) in [5, 5.41) is 0. The van der Waals surface area contributed by atoms with Gasteiger partial charge in [-0.3, -0.25) is 19.5 Å². The molecule has 1 atom stereocenters. The first-order valence-electron chi connectivity index (χ1n) is 9.42. The van der Waals surface area contributed by atoms with Crippen molar-refractivity contribution in [2.75, 3.05) is 32.7 Å². The molecule has 142 valence electrons. The van der Waals surface area contributed by atoms with Gasteiger partial charge in [-0.25, -0.2) is 0 Å². The van der Waals surface area contributed by atoms with Crippen molar-refractivity contribution in [1.82, 2.24) is 14.8 Å². The summed E-state index contributed by atoms with van der Waals surface area (Å²) in [6, 6.07) is 3.90. The molecule has 2 saturated heterocycles. The van der Waals surface area contributed by atoms with Crippen LogP contribution in [-0.2, 0) is 20.9 Å². The molecule has 0 aliphatic carbocycles. The standard InChI is InChI=1S/C19H28N4O3/c20-18(24)13-22-9-5-16(6-10-22)19(25)23-8-2-4-17(12-23)26-14-15-3-1-7-21-11-15/h1,3,7,11,16-17H,2,4-6,8-10,12-14H2,(H2,20,24)/t17-/m0/s1. The monoisotopic (exact) mass is 360 g/mol. The summed E-state index contributed by atoms with van der Waals surface area (Å²) in [5.41, 5.74) is 6.30. The predicted molar refractivity (Wildman–Crippen MR) is 97.0 cm³/mol. The number of nitrogens with two attached hydrogens (primary N) is 1. The number of pyridine rings is 1. The first kappa shape index (κ1) is 18.8. The van der Waals surface area contributed by atoms with E-state index in [2.05, 4.69) is 4.98 Å². The molecule has 0 aromatic carbocycles. The highest BCUT2D eigenvalue weighted by molar-refractivity contribution is 5.79. The maximum atomic E-state index is 12.9. The van der Waals surface area contributed by atoms with Crippen molar-refractivity contribution in [3.8, 4) is 0 Å². The van der Waals surface area contributed by atoms with Crippen LogP contribution in [0.3, 0.4) is 0 Å². The molecule has 0 spiro atoms. The van der Waals surface area contributed by atoms with E-state index in [4.69, 9.17) is 10.5 Å². The van der Waals surface area contributed by atoms with E-state index in [0.29, 0.717) is 13.2 Å². The van der Waals surface area contributed by atoms with Crippen LogP contribution in [-0.4, -0.2) is 65.4 Å². The van der Waals surface area contributed by atoms with Crippen LogP contribution in [0.1, 0.15) is 31.2 Å². The molecule has 2 fully saturated rings. The Morgan fingerprint density at radius 1 is 1.23 bits per heavy atom. The SMILES string of the molecule is NC(=O)CN1CCC(C(=O)N2CCC[C@H](OCc3cccnc3)C2)CC1. The first-order valence-corrected chi connectivity index (χ1v) is 9.42. The molecule has 0 saturated carbocycles. The molecule has 2 aliphatic heterocycles. The number of carbonyl (C=O) groups is 2. The Morgan fingerprint density at radius 3 is 2.73 bits per heavy atom. The summed E-state index contributed by atoms with van der Waals surface area (Å²) >= 11 is 0. The second kappa shape index (κ2) is 9.09. The number of hydrogen-bond acceptors (Lipinski definition) is 5. The molecule has 7 heteroatoms. The van der Waals surface area contributed by atoms with Crippen LogP contribution in [0.2, 0.25) is 0 Å². The fraction of sp³-hybridized carbons (Fsp3) is 0.632. The average molecular weight is 360 g/mol. The molecule has 1 aromatic heterocycles. The van der Waals surface area contributed by atoms with Gasteiger partial charge in [-0.05, 0) is 50.4 Å². The van der Waals surface area contributed by atoms with Crippen molar-refractivity contribution in [3.63, 3.8) is 0 Å². The molecule has 3 heterocycles. The van der Waals surface area contributed by atoms with Crippen molar-refractivity contribution in [3.05, 3.63) is 30.1 Å². The van der Waals surface area contributed by atoms with E-state index < -0.39 is 0 Å². The first-order chi connectivity index (χ1) is 12.6. The van der Waals surface area contributed by atoms with Crippen molar-refractivity contribution in [2.24, 2.45) is 11.7 Å². The van der Waals surface area contributed by atoms with Gasteiger partial charge in [0, 0.05) is 31.4 Å². The highest BCUT2D eigenvalue weighted by Gasteiger charge is 2.31. The molecule has 1 aromatic rings. The van der Waals surface area contributed by atoms with E-state index in [1.165, 1.54) is 0 Å². The van der Waals surface area contributed by atoms with Crippen molar-refractivity contribution < 1.29 is 14.3 Å². The normalized spacial score (nSPS) is 22.3. The Labute approximate surface area is 154 Å². The molecule has 2 aliphatic rings. The van der Waals surface area contributed by atoms with Gasteiger partial charge in [-0.15, -0.1) is 0 Å². The molecule has 3 rings (SSSR count). The molecule has 2 amide bonds. The van der Waals surface area contributed by atoms with Crippen molar-refractivity contribution in [1.29, 1.82) is 0 Å². The average Bonchev–Trinajstić information content (AvgIpc) is 2.67. The van der Waals surface area contributed by atoms with Gasteiger partial charge in [0.25, 0.3) is 0 Å². The number of piperidine rings is 2. The second-order valence-electron chi connectivity index (χ2n) is 7.24. The summed E-state index contributed by atoms with van der Waals surface area (Å²) in [6.07, 6.45) is 7.20. The van der Waals surface area contributed by atoms with E-state index in [1.54, 1.807) is 6.20 Å². The van der Waals surface area contributed by atoms with Crippen LogP contribution in [0.25, 0.3) is 0 Å². The number of nitrogens with zero attached hydrogens (tertiary/aromatic N) is 3. The molecule has 7 nitrogen and oxygen atoms in total. The number of amides is 2. The number of carbonyl (C=O) groups excluding carboxylic acids is 2. The van der Waals surface area contributed by atoms with Gasteiger partial charge < -0.3 is 15.4 Å². The molecule has 26 heavy (non-hydrogen) atoms. The summed E-state index contributed by atoms with van der Waals surface area (Å²) in [6.45, 7) is 3.82. The zero-order valence-corrected chi connectivity index (χ0v) is 15.2. The Hall–Kier alpha value is -1.99. The number of rotatable bonds is 6. The topological polar surface area (TPSA) is 88.8 Å². The van der Waals surface area contributed by atoms with Gasteiger partial charge in [0.1, 0.15) is 0 Å². The largest absolute Gasteiger partial charge is 0.372 e. The number of likely N-dealkylation sites (tertiary alicyclic amines) is 2. The summed E-state index contributed by atoms with van der Waals surface area (Å²) in [7, 11) is 0. The minimum atomic E-state index is -0.306. The molecule has 2 N–H and O–H groups in total. The molecule has 0 bridgehead atoms. The van der Waals surface area contributed by atoms with Crippen LogP contribution >= 0.6 is 0 Å². The van der Waals surface area contributed by atoms with Crippen LogP contribution in [0, 0.1) is 5.92 Å². The maximum Gasteiger partial charge on any atom is 0.231 e. The van der Waals surface area contributed by atoms with E-state index in [9.17, 15) is 9.59 Å². The lowest BCUT2D eigenvalue weighted by molar-refractivity contribution is -0.141. The lowest BCUT2D eigenvalue weighted by Crippen LogP contribution is -2.48. The van der Waals surface area contributed by atoms with Crippen LogP contribution < -0.4 is 5.73 Å². The zero-order valence-electron chi connectivity index (χ0n) is 15.2. The number of hydrogen-bond donors (Lipinski definition) is 1. The van der Waals surface area contributed by atoms with Crippen LogP contribution in [0.4, 0.5) is 0 Å². The molecular formula is C19H28N4O3. The quantitative estimate of drug-likeness (QED) is 0.810. The van der Waals surface area contributed by atoms with Gasteiger partial charge in [0.2, 0.25) is 11.8 Å².